The van der Waals surface area contributed by atoms with E-state index in [9.17, 15) is 0 Å². The Morgan fingerprint density at radius 1 is 1.57 bits per heavy atom. The number of hydrogen-bond donors (Lipinski definition) is 1. The molecule has 0 aliphatic heterocycles. The molecule has 2 rings (SSSR count). The molecule has 1 fully saturated rings. The van der Waals surface area contributed by atoms with Gasteiger partial charge in [-0.25, -0.2) is 4.98 Å². The van der Waals surface area contributed by atoms with Gasteiger partial charge in [0.1, 0.15) is 5.82 Å². The summed E-state index contributed by atoms with van der Waals surface area (Å²) in [5.74, 6) is 1.62. The van der Waals surface area contributed by atoms with Crippen LogP contribution < -0.4 is 5.32 Å². The van der Waals surface area contributed by atoms with E-state index in [0.717, 1.165) is 18.7 Å². The highest BCUT2D eigenvalue weighted by atomic mass is 35.5. The molecule has 0 unspecified atom stereocenters. The summed E-state index contributed by atoms with van der Waals surface area (Å²) in [4.78, 5) is 4.28. The van der Waals surface area contributed by atoms with Crippen LogP contribution in [0.1, 0.15) is 24.8 Å². The molecule has 0 bridgehead atoms. The average Bonchev–Trinajstić information content (AvgIpc) is 2.11. The maximum atomic E-state index is 5.96. The number of halogens is 1. The Morgan fingerprint density at radius 3 is 2.86 bits per heavy atom. The van der Waals surface area contributed by atoms with Crippen molar-refractivity contribution in [2.45, 2.75) is 31.7 Å². The first kappa shape index (κ1) is 9.78. The van der Waals surface area contributed by atoms with Crippen LogP contribution in [0.4, 0.5) is 5.82 Å². The molecule has 0 aromatic carbocycles. The van der Waals surface area contributed by atoms with Crippen molar-refractivity contribution in [2.24, 2.45) is 0 Å². The molecular weight excluding hydrogens is 196 g/mol. The third-order valence-electron chi connectivity index (χ3n) is 2.88. The number of anilines is 1. The van der Waals surface area contributed by atoms with Crippen molar-refractivity contribution in [3.05, 3.63) is 23.9 Å². The van der Waals surface area contributed by atoms with E-state index in [4.69, 9.17) is 11.6 Å². The van der Waals surface area contributed by atoms with Gasteiger partial charge in [0.25, 0.3) is 0 Å². The zero-order valence-corrected chi connectivity index (χ0v) is 9.14. The lowest BCUT2D eigenvalue weighted by Crippen LogP contribution is -2.47. The van der Waals surface area contributed by atoms with E-state index in [1.54, 1.807) is 0 Å². The number of hydrogen-bond acceptors (Lipinski definition) is 2. The van der Waals surface area contributed by atoms with Gasteiger partial charge in [-0.05, 0) is 43.9 Å². The summed E-state index contributed by atoms with van der Waals surface area (Å²) in [6, 6.07) is 4.06. The minimum Gasteiger partial charge on any atom is -0.363 e. The standard InChI is InChI=1S/C11H15ClN2/c1-9-3-6-13-10(7-9)14-11(8-12)4-2-5-11/h3,6-7H,2,4-5,8H2,1H3,(H,13,14). The highest BCUT2D eigenvalue weighted by Gasteiger charge is 2.36. The van der Waals surface area contributed by atoms with E-state index >= 15 is 0 Å². The second-order valence-electron chi connectivity index (χ2n) is 4.11. The monoisotopic (exact) mass is 210 g/mol. The quantitative estimate of drug-likeness (QED) is 0.776. The molecule has 1 aromatic heterocycles. The summed E-state index contributed by atoms with van der Waals surface area (Å²) < 4.78 is 0. The fraction of sp³-hybridized carbons (Fsp3) is 0.545. The lowest BCUT2D eigenvalue weighted by molar-refractivity contribution is 0.310. The highest BCUT2D eigenvalue weighted by molar-refractivity contribution is 6.19. The van der Waals surface area contributed by atoms with E-state index in [1.807, 2.05) is 12.3 Å². The Kier molecular flexibility index (Phi) is 2.64. The van der Waals surface area contributed by atoms with Gasteiger partial charge in [-0.3, -0.25) is 0 Å². The normalized spacial score (nSPS) is 18.7. The Morgan fingerprint density at radius 2 is 2.36 bits per heavy atom. The first-order valence-electron chi connectivity index (χ1n) is 5.01. The van der Waals surface area contributed by atoms with Crippen LogP contribution in [0.5, 0.6) is 0 Å². The molecule has 0 spiro atoms. The summed E-state index contributed by atoms with van der Waals surface area (Å²) in [6.45, 7) is 2.07. The van der Waals surface area contributed by atoms with Gasteiger partial charge >= 0.3 is 0 Å². The predicted octanol–water partition coefficient (Wildman–Crippen LogP) is 2.96. The predicted molar refractivity (Wildman–Crippen MR) is 59.9 cm³/mol. The van der Waals surface area contributed by atoms with Crippen molar-refractivity contribution >= 4 is 17.4 Å². The van der Waals surface area contributed by atoms with Crippen LogP contribution in [0.15, 0.2) is 18.3 Å². The number of nitrogens with one attached hydrogen (secondary N) is 1. The SMILES string of the molecule is Cc1ccnc(NC2(CCl)CCC2)c1. The molecule has 1 aliphatic rings. The van der Waals surface area contributed by atoms with Gasteiger partial charge in [-0.1, -0.05) is 0 Å². The second kappa shape index (κ2) is 3.77. The van der Waals surface area contributed by atoms with Crippen LogP contribution in [-0.2, 0) is 0 Å². The Balaban J connectivity index is 2.09. The summed E-state index contributed by atoms with van der Waals surface area (Å²) in [5, 5.41) is 3.44. The van der Waals surface area contributed by atoms with Crippen molar-refractivity contribution in [3.63, 3.8) is 0 Å². The number of rotatable bonds is 3. The summed E-state index contributed by atoms with van der Waals surface area (Å²) in [6.07, 6.45) is 5.42. The van der Waals surface area contributed by atoms with E-state index in [0.29, 0.717) is 5.88 Å². The molecule has 3 heteroatoms. The fourth-order valence-electron chi connectivity index (χ4n) is 1.77. The van der Waals surface area contributed by atoms with Crippen molar-refractivity contribution in [1.82, 2.24) is 4.98 Å². The second-order valence-corrected chi connectivity index (χ2v) is 4.38. The Bertz CT molecular complexity index is 315. The van der Waals surface area contributed by atoms with Gasteiger partial charge in [0.15, 0.2) is 0 Å². The van der Waals surface area contributed by atoms with Gasteiger partial charge in [0.05, 0.1) is 5.54 Å². The third kappa shape index (κ3) is 1.85. The summed E-state index contributed by atoms with van der Waals surface area (Å²) in [5.41, 5.74) is 1.34. The lowest BCUT2D eigenvalue weighted by Gasteiger charge is -2.41. The highest BCUT2D eigenvalue weighted by Crippen LogP contribution is 2.35. The van der Waals surface area contributed by atoms with Gasteiger partial charge in [0.2, 0.25) is 0 Å². The van der Waals surface area contributed by atoms with Crippen LogP contribution in [0.2, 0.25) is 0 Å². The number of pyridine rings is 1. The average molecular weight is 211 g/mol. The minimum atomic E-state index is 0.113. The molecule has 1 N–H and O–H groups in total. The lowest BCUT2D eigenvalue weighted by atomic mass is 9.78. The molecule has 1 aliphatic carbocycles. The molecule has 0 radical (unpaired) electrons. The zero-order chi connectivity index (χ0) is 10.0. The Hall–Kier alpha value is -0.760. The smallest absolute Gasteiger partial charge is 0.126 e. The number of alkyl halides is 1. The number of aryl methyl sites for hydroxylation is 1. The van der Waals surface area contributed by atoms with Gasteiger partial charge < -0.3 is 5.32 Å². The molecule has 0 atom stereocenters. The minimum absolute atomic E-state index is 0.113. The van der Waals surface area contributed by atoms with Crippen molar-refractivity contribution in [2.75, 3.05) is 11.2 Å². The van der Waals surface area contributed by atoms with Crippen molar-refractivity contribution in [1.29, 1.82) is 0 Å². The molecule has 0 saturated heterocycles. The molecule has 14 heavy (non-hydrogen) atoms. The maximum absolute atomic E-state index is 5.96. The molecule has 2 nitrogen and oxygen atoms in total. The van der Waals surface area contributed by atoms with Crippen molar-refractivity contribution < 1.29 is 0 Å². The molecule has 1 heterocycles. The first-order valence-corrected chi connectivity index (χ1v) is 5.54. The molecule has 1 aromatic rings. The van der Waals surface area contributed by atoms with E-state index in [1.165, 1.54) is 12.0 Å². The zero-order valence-electron chi connectivity index (χ0n) is 8.39. The maximum Gasteiger partial charge on any atom is 0.126 e. The van der Waals surface area contributed by atoms with Gasteiger partial charge in [-0.15, -0.1) is 11.6 Å². The van der Waals surface area contributed by atoms with Crippen LogP contribution in [-0.4, -0.2) is 16.4 Å². The van der Waals surface area contributed by atoms with Crippen LogP contribution in [0.3, 0.4) is 0 Å². The molecular formula is C11H15ClN2. The third-order valence-corrected chi connectivity index (χ3v) is 3.39. The number of nitrogens with zero attached hydrogens (tertiary/aromatic N) is 1. The van der Waals surface area contributed by atoms with Gasteiger partial charge in [-0.2, -0.15) is 0 Å². The molecule has 1 saturated carbocycles. The number of aromatic nitrogens is 1. The van der Waals surface area contributed by atoms with E-state index in [2.05, 4.69) is 23.3 Å². The largest absolute Gasteiger partial charge is 0.363 e. The first-order chi connectivity index (χ1) is 6.74. The molecule has 76 valence electrons. The fourth-order valence-corrected chi connectivity index (χ4v) is 2.11. The van der Waals surface area contributed by atoms with Crippen LogP contribution in [0, 0.1) is 6.92 Å². The summed E-state index contributed by atoms with van der Waals surface area (Å²) >= 11 is 5.96. The van der Waals surface area contributed by atoms with Gasteiger partial charge in [0, 0.05) is 12.1 Å². The van der Waals surface area contributed by atoms with Crippen molar-refractivity contribution in [3.8, 4) is 0 Å². The van der Waals surface area contributed by atoms with Crippen LogP contribution in [0.25, 0.3) is 0 Å². The van der Waals surface area contributed by atoms with E-state index < -0.39 is 0 Å². The Labute approximate surface area is 89.7 Å². The summed E-state index contributed by atoms with van der Waals surface area (Å²) in [7, 11) is 0. The van der Waals surface area contributed by atoms with Crippen LogP contribution >= 0.6 is 11.6 Å². The molecule has 0 amide bonds. The topological polar surface area (TPSA) is 24.9 Å². The van der Waals surface area contributed by atoms with E-state index in [-0.39, 0.29) is 5.54 Å².